The molecule has 2 unspecified atom stereocenters. The van der Waals surface area contributed by atoms with Gasteiger partial charge in [-0.1, -0.05) is 0 Å². The van der Waals surface area contributed by atoms with Crippen molar-refractivity contribution in [3.05, 3.63) is 0 Å². The monoisotopic (exact) mass is 242 g/mol. The highest BCUT2D eigenvalue weighted by Crippen LogP contribution is 2.21. The number of rotatable bonds is 7. The molecule has 0 aromatic heterocycles. The van der Waals surface area contributed by atoms with Gasteiger partial charge in [-0.25, -0.2) is 0 Å². The van der Waals surface area contributed by atoms with Crippen LogP contribution in [0.5, 0.6) is 0 Å². The molecular weight excluding hydrogens is 220 g/mol. The number of aliphatic hydroxyl groups is 1. The molecule has 0 saturated carbocycles. The summed E-state index contributed by atoms with van der Waals surface area (Å²) < 4.78 is 0. The zero-order valence-corrected chi connectivity index (χ0v) is 10.9. The highest BCUT2D eigenvalue weighted by molar-refractivity contribution is 7.99. The van der Waals surface area contributed by atoms with Crippen LogP contribution in [0.3, 0.4) is 0 Å². The fourth-order valence-corrected chi connectivity index (χ4v) is 2.91. The number of nitriles is 1. The summed E-state index contributed by atoms with van der Waals surface area (Å²) in [6.07, 6.45) is 4.38. The van der Waals surface area contributed by atoms with E-state index in [4.69, 9.17) is 5.26 Å². The summed E-state index contributed by atoms with van der Waals surface area (Å²) >= 11 is 1.71. The maximum absolute atomic E-state index is 9.41. The third-order valence-corrected chi connectivity index (χ3v) is 3.92. The minimum Gasteiger partial charge on any atom is -0.393 e. The van der Waals surface area contributed by atoms with Crippen molar-refractivity contribution in [3.8, 4) is 6.07 Å². The van der Waals surface area contributed by atoms with E-state index < -0.39 is 0 Å². The van der Waals surface area contributed by atoms with Crippen molar-refractivity contribution < 1.29 is 5.11 Å². The smallest absolute Gasteiger partial charge is 0.0808 e. The molecule has 2 atom stereocenters. The van der Waals surface area contributed by atoms with Gasteiger partial charge in [0.1, 0.15) is 0 Å². The lowest BCUT2D eigenvalue weighted by atomic mass is 10.1. The molecular formula is C12H22N2OS. The Morgan fingerprint density at radius 2 is 2.44 bits per heavy atom. The second kappa shape index (κ2) is 7.94. The van der Waals surface area contributed by atoms with E-state index in [0.29, 0.717) is 11.8 Å². The third-order valence-electron chi connectivity index (χ3n) is 3.01. The molecule has 92 valence electrons. The Morgan fingerprint density at radius 3 is 3.12 bits per heavy atom. The molecule has 3 nitrogen and oxygen atoms in total. The lowest BCUT2D eigenvalue weighted by Crippen LogP contribution is -2.32. The highest BCUT2D eigenvalue weighted by atomic mass is 32.2. The fourth-order valence-electron chi connectivity index (χ4n) is 2.34. The predicted molar refractivity (Wildman–Crippen MR) is 68.4 cm³/mol. The van der Waals surface area contributed by atoms with Gasteiger partial charge in [0.05, 0.1) is 17.9 Å². The number of nitrogens with zero attached hydrogens (tertiary/aromatic N) is 2. The van der Waals surface area contributed by atoms with Gasteiger partial charge in [0.25, 0.3) is 0 Å². The maximum atomic E-state index is 9.41. The normalized spacial score (nSPS) is 23.2. The average molecular weight is 242 g/mol. The molecule has 1 rings (SSSR count). The van der Waals surface area contributed by atoms with E-state index in [1.54, 1.807) is 11.8 Å². The fraction of sp³-hybridized carbons (Fsp3) is 0.917. The van der Waals surface area contributed by atoms with Crippen molar-refractivity contribution in [1.29, 1.82) is 5.26 Å². The predicted octanol–water partition coefficient (Wildman–Crippen LogP) is 1.87. The molecule has 0 aromatic rings. The number of hydrogen-bond donors (Lipinski definition) is 1. The van der Waals surface area contributed by atoms with Gasteiger partial charge in [-0.3, -0.25) is 0 Å². The Morgan fingerprint density at radius 1 is 1.62 bits per heavy atom. The first kappa shape index (κ1) is 13.8. The van der Waals surface area contributed by atoms with E-state index in [2.05, 4.69) is 11.0 Å². The molecule has 0 spiro atoms. The van der Waals surface area contributed by atoms with Crippen LogP contribution >= 0.6 is 11.8 Å². The van der Waals surface area contributed by atoms with Crippen LogP contribution in [-0.2, 0) is 0 Å². The Hall–Kier alpha value is -0.240. The van der Waals surface area contributed by atoms with Crippen LogP contribution in [0.4, 0.5) is 0 Å². The molecule has 1 aliphatic rings. The summed E-state index contributed by atoms with van der Waals surface area (Å²) in [6.45, 7) is 4.18. The van der Waals surface area contributed by atoms with Crippen LogP contribution in [0.15, 0.2) is 0 Å². The quantitative estimate of drug-likeness (QED) is 0.692. The van der Waals surface area contributed by atoms with Gasteiger partial charge < -0.3 is 10.0 Å². The Bertz CT molecular complexity index is 228. The lowest BCUT2D eigenvalue weighted by molar-refractivity contribution is 0.134. The van der Waals surface area contributed by atoms with Crippen molar-refractivity contribution in [1.82, 2.24) is 4.90 Å². The largest absolute Gasteiger partial charge is 0.393 e. The second-order valence-electron chi connectivity index (χ2n) is 4.48. The van der Waals surface area contributed by atoms with E-state index in [1.807, 2.05) is 6.92 Å². The average Bonchev–Trinajstić information content (AvgIpc) is 2.64. The summed E-state index contributed by atoms with van der Waals surface area (Å²) in [6, 6.07) is 2.73. The van der Waals surface area contributed by atoms with Crippen molar-refractivity contribution in [2.75, 3.05) is 24.6 Å². The van der Waals surface area contributed by atoms with Crippen LogP contribution in [0.2, 0.25) is 0 Å². The van der Waals surface area contributed by atoms with Gasteiger partial charge in [0.15, 0.2) is 0 Å². The summed E-state index contributed by atoms with van der Waals surface area (Å²) in [4.78, 5) is 2.50. The van der Waals surface area contributed by atoms with Gasteiger partial charge in [-0.2, -0.15) is 5.26 Å². The Labute approximate surface area is 103 Å². The maximum Gasteiger partial charge on any atom is 0.0808 e. The van der Waals surface area contributed by atoms with E-state index in [9.17, 15) is 5.11 Å². The minimum absolute atomic E-state index is 0.182. The molecule has 16 heavy (non-hydrogen) atoms. The lowest BCUT2D eigenvalue weighted by Gasteiger charge is -2.25. The van der Waals surface area contributed by atoms with Crippen molar-refractivity contribution in [3.63, 3.8) is 0 Å². The van der Waals surface area contributed by atoms with E-state index in [0.717, 1.165) is 25.1 Å². The van der Waals surface area contributed by atoms with Crippen molar-refractivity contribution in [2.45, 2.75) is 44.8 Å². The minimum atomic E-state index is -0.182. The number of thioether (sulfide) groups is 1. The number of hydrogen-bond acceptors (Lipinski definition) is 4. The third kappa shape index (κ3) is 5.20. The van der Waals surface area contributed by atoms with Crippen LogP contribution in [0.25, 0.3) is 0 Å². The molecule has 1 aliphatic heterocycles. The molecule has 0 aliphatic carbocycles. The summed E-state index contributed by atoms with van der Waals surface area (Å²) in [5.74, 6) is 1.68. The molecule has 0 amide bonds. The molecule has 1 saturated heterocycles. The van der Waals surface area contributed by atoms with Crippen LogP contribution in [0.1, 0.15) is 32.6 Å². The van der Waals surface area contributed by atoms with E-state index >= 15 is 0 Å². The zero-order valence-electron chi connectivity index (χ0n) is 10.1. The van der Waals surface area contributed by atoms with Crippen LogP contribution < -0.4 is 0 Å². The van der Waals surface area contributed by atoms with Gasteiger partial charge in [0, 0.05) is 6.04 Å². The van der Waals surface area contributed by atoms with Gasteiger partial charge in [-0.05, 0) is 51.4 Å². The molecule has 0 radical (unpaired) electrons. The first-order valence-corrected chi connectivity index (χ1v) is 7.26. The highest BCUT2D eigenvalue weighted by Gasteiger charge is 2.24. The second-order valence-corrected chi connectivity index (χ2v) is 5.59. The van der Waals surface area contributed by atoms with Gasteiger partial charge >= 0.3 is 0 Å². The first-order valence-electron chi connectivity index (χ1n) is 6.11. The van der Waals surface area contributed by atoms with E-state index in [1.165, 1.54) is 19.4 Å². The molecule has 1 heterocycles. The van der Waals surface area contributed by atoms with E-state index in [-0.39, 0.29) is 6.10 Å². The Balaban J connectivity index is 2.12. The molecule has 0 aromatic carbocycles. The molecule has 1 N–H and O–H groups in total. The van der Waals surface area contributed by atoms with Crippen LogP contribution in [0, 0.1) is 11.3 Å². The molecule has 0 bridgehead atoms. The Kier molecular flexibility index (Phi) is 6.86. The topological polar surface area (TPSA) is 47.3 Å². The summed E-state index contributed by atoms with van der Waals surface area (Å²) in [7, 11) is 0. The first-order chi connectivity index (χ1) is 7.74. The SMILES string of the molecule is CC(O)CC1CCCN1CCCSCC#N. The standard InChI is InChI=1S/C12H22N2OS/c1-11(15)10-12-4-2-6-14(12)7-3-8-16-9-5-13/h11-12,15H,2-4,6-10H2,1H3. The van der Waals surface area contributed by atoms with Crippen LogP contribution in [-0.4, -0.2) is 46.7 Å². The number of likely N-dealkylation sites (tertiary alicyclic amines) is 1. The number of aliphatic hydroxyl groups excluding tert-OH is 1. The van der Waals surface area contributed by atoms with Gasteiger partial charge in [0.2, 0.25) is 0 Å². The molecule has 1 fully saturated rings. The van der Waals surface area contributed by atoms with Gasteiger partial charge in [-0.15, -0.1) is 11.8 Å². The summed E-state index contributed by atoms with van der Waals surface area (Å²) in [5, 5.41) is 17.8. The van der Waals surface area contributed by atoms with Crippen molar-refractivity contribution >= 4 is 11.8 Å². The van der Waals surface area contributed by atoms with Crippen molar-refractivity contribution in [2.24, 2.45) is 0 Å². The molecule has 4 heteroatoms. The zero-order chi connectivity index (χ0) is 11.8. The summed E-state index contributed by atoms with van der Waals surface area (Å²) in [5.41, 5.74) is 0.